The Bertz CT molecular complexity index is 323. The molecule has 0 radical (unpaired) electrons. The highest BCUT2D eigenvalue weighted by atomic mass is 15.1. The summed E-state index contributed by atoms with van der Waals surface area (Å²) in [6, 6.07) is 11.1. The van der Waals surface area contributed by atoms with E-state index in [1.54, 1.807) is 0 Å². The zero-order chi connectivity index (χ0) is 11.2. The maximum absolute atomic E-state index is 2.57. The monoisotopic (exact) mass is 215 g/mol. The normalized spacial score (nSPS) is 20.1. The Morgan fingerprint density at radius 3 is 2.44 bits per heavy atom. The summed E-state index contributed by atoms with van der Waals surface area (Å²) >= 11 is 0. The minimum absolute atomic E-state index is 0.570. The predicted octanol–water partition coefficient (Wildman–Crippen LogP) is 3.57. The number of likely N-dealkylation sites (tertiary alicyclic amines) is 1. The fraction of sp³-hybridized carbons (Fsp3) is 0.467. The standard InChI is InChI=1S/C15H21N/c1-14(16-12-6-3-7-13-16)10-11-15-8-4-2-5-9-15/h2,4-5,8-11,14H,3,6-7,12-13H2,1H3/b11-10-. The lowest BCUT2D eigenvalue weighted by molar-refractivity contribution is 0.201. The quantitative estimate of drug-likeness (QED) is 0.745. The summed E-state index contributed by atoms with van der Waals surface area (Å²) in [5.41, 5.74) is 1.30. The molecule has 1 aromatic rings. The first kappa shape index (κ1) is 11.4. The number of benzene rings is 1. The van der Waals surface area contributed by atoms with Crippen LogP contribution in [0, 0.1) is 0 Å². The van der Waals surface area contributed by atoms with E-state index in [1.807, 2.05) is 0 Å². The average molecular weight is 215 g/mol. The Morgan fingerprint density at radius 1 is 1.06 bits per heavy atom. The van der Waals surface area contributed by atoms with Gasteiger partial charge >= 0.3 is 0 Å². The molecule has 0 bridgehead atoms. The zero-order valence-electron chi connectivity index (χ0n) is 10.1. The van der Waals surface area contributed by atoms with Crippen molar-refractivity contribution in [3.63, 3.8) is 0 Å². The summed E-state index contributed by atoms with van der Waals surface area (Å²) in [7, 11) is 0. The maximum atomic E-state index is 2.57. The molecule has 0 amide bonds. The smallest absolute Gasteiger partial charge is 0.0253 e. The van der Waals surface area contributed by atoms with Crippen molar-refractivity contribution in [2.45, 2.75) is 32.2 Å². The van der Waals surface area contributed by atoms with Crippen LogP contribution in [-0.4, -0.2) is 24.0 Å². The fourth-order valence-electron chi connectivity index (χ4n) is 2.26. The Labute approximate surface area is 98.8 Å². The molecule has 1 heterocycles. The van der Waals surface area contributed by atoms with E-state index >= 15 is 0 Å². The van der Waals surface area contributed by atoms with Crippen LogP contribution in [0.1, 0.15) is 31.7 Å². The molecule has 1 unspecified atom stereocenters. The SMILES string of the molecule is CC(/C=C\c1ccccc1)N1CCCCC1. The van der Waals surface area contributed by atoms with Crippen LogP contribution in [0.15, 0.2) is 36.4 Å². The van der Waals surface area contributed by atoms with Crippen LogP contribution >= 0.6 is 0 Å². The molecule has 2 rings (SSSR count). The maximum Gasteiger partial charge on any atom is 0.0253 e. The van der Waals surface area contributed by atoms with Gasteiger partial charge in [0.25, 0.3) is 0 Å². The van der Waals surface area contributed by atoms with Crippen LogP contribution < -0.4 is 0 Å². The zero-order valence-corrected chi connectivity index (χ0v) is 10.1. The summed E-state index contributed by atoms with van der Waals surface area (Å²) in [6.07, 6.45) is 8.69. The number of hydrogen-bond acceptors (Lipinski definition) is 1. The van der Waals surface area contributed by atoms with Crippen molar-refractivity contribution in [1.29, 1.82) is 0 Å². The first-order chi connectivity index (χ1) is 7.86. The van der Waals surface area contributed by atoms with Gasteiger partial charge in [-0.2, -0.15) is 0 Å². The third-order valence-corrected chi connectivity index (χ3v) is 3.33. The van der Waals surface area contributed by atoms with Crippen molar-refractivity contribution in [2.75, 3.05) is 13.1 Å². The molecule has 1 aliphatic heterocycles. The minimum Gasteiger partial charge on any atom is -0.297 e. The van der Waals surface area contributed by atoms with Gasteiger partial charge < -0.3 is 0 Å². The van der Waals surface area contributed by atoms with Gasteiger partial charge in [-0.25, -0.2) is 0 Å². The minimum atomic E-state index is 0.570. The van der Waals surface area contributed by atoms with Crippen LogP contribution in [0.25, 0.3) is 6.08 Å². The van der Waals surface area contributed by atoms with Crippen molar-refractivity contribution >= 4 is 6.08 Å². The Hall–Kier alpha value is -1.08. The molecule has 0 spiro atoms. The van der Waals surface area contributed by atoms with Crippen LogP contribution in [0.3, 0.4) is 0 Å². The van der Waals surface area contributed by atoms with Gasteiger partial charge in [0, 0.05) is 6.04 Å². The topological polar surface area (TPSA) is 3.24 Å². The summed E-state index contributed by atoms with van der Waals surface area (Å²) in [6.45, 7) is 4.82. The van der Waals surface area contributed by atoms with Crippen molar-refractivity contribution in [3.05, 3.63) is 42.0 Å². The molecule has 1 atom stereocenters. The fourth-order valence-corrected chi connectivity index (χ4v) is 2.26. The summed E-state index contributed by atoms with van der Waals surface area (Å²) < 4.78 is 0. The molecular weight excluding hydrogens is 194 g/mol. The average Bonchev–Trinajstić information content (AvgIpc) is 2.38. The largest absolute Gasteiger partial charge is 0.297 e. The highest BCUT2D eigenvalue weighted by Crippen LogP contribution is 2.13. The first-order valence-corrected chi connectivity index (χ1v) is 6.33. The lowest BCUT2D eigenvalue weighted by atomic mass is 10.1. The van der Waals surface area contributed by atoms with Gasteiger partial charge in [0.15, 0.2) is 0 Å². The highest BCUT2D eigenvalue weighted by Gasteiger charge is 2.13. The number of piperidine rings is 1. The molecule has 1 saturated heterocycles. The van der Waals surface area contributed by atoms with Gasteiger partial charge in [0.05, 0.1) is 0 Å². The molecule has 1 nitrogen and oxygen atoms in total. The Balaban J connectivity index is 1.91. The Morgan fingerprint density at radius 2 is 1.75 bits per heavy atom. The predicted molar refractivity (Wildman–Crippen MR) is 70.4 cm³/mol. The Kier molecular flexibility index (Phi) is 4.17. The molecule has 1 aliphatic rings. The third kappa shape index (κ3) is 3.21. The third-order valence-electron chi connectivity index (χ3n) is 3.33. The summed E-state index contributed by atoms with van der Waals surface area (Å²) in [5, 5.41) is 0. The molecule has 0 aliphatic carbocycles. The lowest BCUT2D eigenvalue weighted by Crippen LogP contribution is -2.36. The van der Waals surface area contributed by atoms with E-state index in [9.17, 15) is 0 Å². The molecule has 1 heteroatoms. The summed E-state index contributed by atoms with van der Waals surface area (Å²) in [5.74, 6) is 0. The molecule has 0 saturated carbocycles. The second-order valence-electron chi connectivity index (χ2n) is 4.61. The van der Waals surface area contributed by atoms with Crippen molar-refractivity contribution in [2.24, 2.45) is 0 Å². The molecule has 86 valence electrons. The van der Waals surface area contributed by atoms with E-state index in [0.717, 1.165) is 0 Å². The second-order valence-corrected chi connectivity index (χ2v) is 4.61. The van der Waals surface area contributed by atoms with Gasteiger partial charge in [-0.05, 0) is 38.4 Å². The van der Waals surface area contributed by atoms with Crippen LogP contribution in [0.2, 0.25) is 0 Å². The number of hydrogen-bond donors (Lipinski definition) is 0. The van der Waals surface area contributed by atoms with Crippen LogP contribution in [0.5, 0.6) is 0 Å². The molecule has 0 N–H and O–H groups in total. The first-order valence-electron chi connectivity index (χ1n) is 6.33. The van der Waals surface area contributed by atoms with E-state index in [-0.39, 0.29) is 0 Å². The van der Waals surface area contributed by atoms with E-state index < -0.39 is 0 Å². The number of rotatable bonds is 3. The highest BCUT2D eigenvalue weighted by molar-refractivity contribution is 5.49. The summed E-state index contributed by atoms with van der Waals surface area (Å²) in [4.78, 5) is 2.57. The van der Waals surface area contributed by atoms with Crippen molar-refractivity contribution in [1.82, 2.24) is 4.90 Å². The van der Waals surface area contributed by atoms with E-state index in [4.69, 9.17) is 0 Å². The van der Waals surface area contributed by atoms with E-state index in [0.29, 0.717) is 6.04 Å². The van der Waals surface area contributed by atoms with Gasteiger partial charge in [0.2, 0.25) is 0 Å². The van der Waals surface area contributed by atoms with Crippen LogP contribution in [-0.2, 0) is 0 Å². The lowest BCUT2D eigenvalue weighted by Gasteiger charge is -2.30. The molecule has 0 aromatic heterocycles. The van der Waals surface area contributed by atoms with Gasteiger partial charge in [-0.15, -0.1) is 0 Å². The second kappa shape index (κ2) is 5.86. The number of nitrogens with zero attached hydrogens (tertiary/aromatic N) is 1. The van der Waals surface area contributed by atoms with Gasteiger partial charge in [0.1, 0.15) is 0 Å². The van der Waals surface area contributed by atoms with Crippen molar-refractivity contribution < 1.29 is 0 Å². The van der Waals surface area contributed by atoms with E-state index in [1.165, 1.54) is 37.9 Å². The van der Waals surface area contributed by atoms with Gasteiger partial charge in [-0.1, -0.05) is 48.9 Å². The molecule has 1 aromatic carbocycles. The molecular formula is C15H21N. The molecule has 16 heavy (non-hydrogen) atoms. The molecule has 1 fully saturated rings. The van der Waals surface area contributed by atoms with Crippen molar-refractivity contribution in [3.8, 4) is 0 Å². The van der Waals surface area contributed by atoms with Gasteiger partial charge in [-0.3, -0.25) is 4.90 Å². The van der Waals surface area contributed by atoms with E-state index in [2.05, 4.69) is 54.3 Å². The van der Waals surface area contributed by atoms with Crippen LogP contribution in [0.4, 0.5) is 0 Å².